The summed E-state index contributed by atoms with van der Waals surface area (Å²) < 4.78 is 20.4. The van der Waals surface area contributed by atoms with Crippen LogP contribution >= 0.6 is 11.6 Å². The minimum absolute atomic E-state index is 0.110. The molecule has 2 amide bonds. The number of nitrogens with zero attached hydrogens (tertiary/aromatic N) is 3. The molecule has 4 unspecified atom stereocenters. The average molecular weight is 676 g/mol. The number of hydrogen-bond donors (Lipinski definition) is 2. The first-order valence-corrected chi connectivity index (χ1v) is 17.2. The first-order chi connectivity index (χ1) is 23.2. The Morgan fingerprint density at radius 3 is 2.42 bits per heavy atom. The molecule has 2 fully saturated rings. The predicted molar refractivity (Wildman–Crippen MR) is 182 cm³/mol. The van der Waals surface area contributed by atoms with E-state index in [-0.39, 0.29) is 48.1 Å². The Labute approximate surface area is 286 Å². The maximum absolute atomic E-state index is 15.2. The number of carbonyl (C=O) groups is 3. The molecule has 11 heteroatoms. The highest BCUT2D eigenvalue weighted by Crippen LogP contribution is 2.30. The minimum atomic E-state index is -0.753. The Bertz CT molecular complexity index is 1620. The van der Waals surface area contributed by atoms with E-state index in [1.807, 2.05) is 56.3 Å². The number of epoxide rings is 1. The molecular weight excluding hydrogens is 633 g/mol. The largest absolute Gasteiger partial charge is 0.446 e. The predicted octanol–water partition coefficient (Wildman–Crippen LogP) is 4.26. The monoisotopic (exact) mass is 675 g/mol. The average Bonchev–Trinajstić information content (AvgIpc) is 3.71. The summed E-state index contributed by atoms with van der Waals surface area (Å²) in [6.45, 7) is 7.79. The molecule has 3 heterocycles. The number of likely N-dealkylation sites (N-methyl/N-ethyl adjacent to an activating group) is 1. The van der Waals surface area contributed by atoms with Crippen molar-refractivity contribution < 1.29 is 23.5 Å². The third-order valence-corrected chi connectivity index (χ3v) is 10.2. The Morgan fingerprint density at radius 2 is 1.73 bits per heavy atom. The number of ether oxygens (including phenoxy) is 1. The lowest BCUT2D eigenvalue weighted by atomic mass is 10.0. The Kier molecular flexibility index (Phi) is 10.8. The van der Waals surface area contributed by atoms with Gasteiger partial charge in [-0.1, -0.05) is 73.1 Å². The number of piperazine rings is 1. The molecule has 2 N–H and O–H groups in total. The lowest BCUT2D eigenvalue weighted by Crippen LogP contribution is -2.57. The lowest BCUT2D eigenvalue weighted by molar-refractivity contribution is -0.138. The Hall–Kier alpha value is -3.83. The Balaban J connectivity index is 1.15. The highest BCUT2D eigenvalue weighted by atomic mass is 35.5. The molecule has 0 aliphatic carbocycles. The van der Waals surface area contributed by atoms with Crippen LogP contribution in [0.1, 0.15) is 54.6 Å². The number of cyclic esters (lactones) is 1. The first-order valence-electron chi connectivity index (χ1n) is 16.8. The highest BCUT2D eigenvalue weighted by molar-refractivity contribution is 6.30. The van der Waals surface area contributed by atoms with Crippen LogP contribution in [0.25, 0.3) is 0 Å². The van der Waals surface area contributed by atoms with E-state index in [9.17, 15) is 14.4 Å². The van der Waals surface area contributed by atoms with Gasteiger partial charge in [0.1, 0.15) is 11.9 Å². The van der Waals surface area contributed by atoms with Gasteiger partial charge in [0.05, 0.1) is 12.1 Å². The van der Waals surface area contributed by atoms with Gasteiger partial charge in [-0.25, -0.2) is 9.18 Å². The SMILES string of the molecule is CCN(CC(c1ccccc1F)N1CCN(C(=O)[C@@H](Cc2ccc(Cl)cc2)NC(=O)CC2NCc3ccccc32)CC1)C(C)C1OC1=O. The van der Waals surface area contributed by atoms with Crippen LogP contribution in [-0.2, 0) is 32.1 Å². The number of halogens is 2. The van der Waals surface area contributed by atoms with Crippen molar-refractivity contribution >= 4 is 29.4 Å². The fraction of sp³-hybridized carbons (Fsp3) is 0.432. The van der Waals surface area contributed by atoms with E-state index in [0.29, 0.717) is 62.8 Å². The van der Waals surface area contributed by atoms with E-state index in [0.717, 1.165) is 11.1 Å². The van der Waals surface area contributed by atoms with Crippen molar-refractivity contribution in [1.29, 1.82) is 0 Å². The van der Waals surface area contributed by atoms with Crippen LogP contribution in [-0.4, -0.2) is 89.9 Å². The van der Waals surface area contributed by atoms with Gasteiger partial charge in [-0.05, 0) is 48.4 Å². The third-order valence-electron chi connectivity index (χ3n) is 9.92. The smallest absolute Gasteiger partial charge is 0.350 e. The molecule has 9 nitrogen and oxygen atoms in total. The molecule has 48 heavy (non-hydrogen) atoms. The van der Waals surface area contributed by atoms with Crippen LogP contribution in [0.3, 0.4) is 0 Å². The van der Waals surface area contributed by atoms with Crippen molar-refractivity contribution in [3.63, 3.8) is 0 Å². The van der Waals surface area contributed by atoms with Gasteiger partial charge in [0.25, 0.3) is 0 Å². The normalized spacial score (nSPS) is 20.9. The molecule has 3 aromatic carbocycles. The Morgan fingerprint density at radius 1 is 1.04 bits per heavy atom. The molecule has 254 valence electrons. The van der Waals surface area contributed by atoms with Crippen LogP contribution in [0.5, 0.6) is 0 Å². The number of fused-ring (bicyclic) bond motifs is 1. The topological polar surface area (TPSA) is 97.5 Å². The van der Waals surface area contributed by atoms with E-state index in [1.54, 1.807) is 23.1 Å². The molecule has 3 aromatic rings. The molecule has 2 saturated heterocycles. The third kappa shape index (κ3) is 7.89. The fourth-order valence-corrected chi connectivity index (χ4v) is 7.19. The number of rotatable bonds is 13. The van der Waals surface area contributed by atoms with Crippen molar-refractivity contribution in [3.05, 3.63) is 106 Å². The lowest BCUT2D eigenvalue weighted by Gasteiger charge is -2.42. The van der Waals surface area contributed by atoms with Crippen molar-refractivity contribution in [1.82, 2.24) is 25.3 Å². The molecule has 0 bridgehead atoms. The highest BCUT2D eigenvalue weighted by Gasteiger charge is 2.46. The maximum atomic E-state index is 15.2. The van der Waals surface area contributed by atoms with Gasteiger partial charge in [0, 0.05) is 68.7 Å². The minimum Gasteiger partial charge on any atom is -0.446 e. The second-order valence-corrected chi connectivity index (χ2v) is 13.3. The zero-order chi connectivity index (χ0) is 33.8. The summed E-state index contributed by atoms with van der Waals surface area (Å²) in [4.78, 5) is 45.4. The van der Waals surface area contributed by atoms with Crippen molar-refractivity contribution in [2.75, 3.05) is 39.3 Å². The van der Waals surface area contributed by atoms with Gasteiger partial charge in [-0.15, -0.1) is 0 Å². The van der Waals surface area contributed by atoms with Gasteiger partial charge in [-0.3, -0.25) is 19.4 Å². The number of hydrogen-bond acceptors (Lipinski definition) is 7. The quantitative estimate of drug-likeness (QED) is 0.262. The van der Waals surface area contributed by atoms with E-state index < -0.39 is 12.1 Å². The van der Waals surface area contributed by atoms with Crippen molar-refractivity contribution in [3.8, 4) is 0 Å². The number of nitrogens with one attached hydrogen (secondary N) is 2. The first kappa shape index (κ1) is 34.0. The summed E-state index contributed by atoms with van der Waals surface area (Å²) in [5.74, 6) is -0.830. The van der Waals surface area contributed by atoms with Crippen molar-refractivity contribution in [2.45, 2.75) is 63.5 Å². The fourth-order valence-electron chi connectivity index (χ4n) is 7.07. The van der Waals surface area contributed by atoms with Gasteiger partial charge in [0.2, 0.25) is 17.9 Å². The standard InChI is InChI=1S/C37H43ClFN5O4/c1-3-42(24(2)35-37(47)48-35)23-33(29-10-6-7-11-30(29)39)43-16-18-44(19-17-43)36(46)32(20-25-12-14-27(38)15-13-25)41-34(45)21-31-28-9-5-4-8-26(28)22-40-31/h4-15,24,31-33,35,40H,3,16-23H2,1-2H3,(H,41,45)/t24?,31?,32-,33?,35?/m1/s1. The zero-order valence-electron chi connectivity index (χ0n) is 27.4. The zero-order valence-corrected chi connectivity index (χ0v) is 28.2. The molecule has 0 radical (unpaired) electrons. The van der Waals surface area contributed by atoms with Crippen LogP contribution in [0, 0.1) is 5.82 Å². The molecule has 0 aromatic heterocycles. The molecule has 0 spiro atoms. The summed E-state index contributed by atoms with van der Waals surface area (Å²) in [6, 6.07) is 20.9. The van der Waals surface area contributed by atoms with E-state index >= 15 is 4.39 Å². The van der Waals surface area contributed by atoms with Crippen molar-refractivity contribution in [2.24, 2.45) is 0 Å². The number of amides is 2. The second-order valence-electron chi connectivity index (χ2n) is 12.9. The molecular formula is C37H43ClFN5O4. The summed E-state index contributed by atoms with van der Waals surface area (Å²) in [5, 5.41) is 7.07. The number of benzene rings is 3. The van der Waals surface area contributed by atoms with E-state index in [2.05, 4.69) is 26.5 Å². The molecule has 0 saturated carbocycles. The van der Waals surface area contributed by atoms with Gasteiger partial charge in [0.15, 0.2) is 0 Å². The molecule has 5 atom stereocenters. The summed E-state index contributed by atoms with van der Waals surface area (Å²) in [6.07, 6.45) is 0.107. The summed E-state index contributed by atoms with van der Waals surface area (Å²) >= 11 is 6.13. The van der Waals surface area contributed by atoms with E-state index in [1.165, 1.54) is 11.6 Å². The van der Waals surface area contributed by atoms with Gasteiger partial charge >= 0.3 is 5.97 Å². The van der Waals surface area contributed by atoms with Crippen LogP contribution in [0.15, 0.2) is 72.8 Å². The molecule has 6 rings (SSSR count). The van der Waals surface area contributed by atoms with Gasteiger partial charge in [-0.2, -0.15) is 0 Å². The molecule has 3 aliphatic heterocycles. The van der Waals surface area contributed by atoms with Crippen LogP contribution < -0.4 is 10.6 Å². The second kappa shape index (κ2) is 15.2. The van der Waals surface area contributed by atoms with E-state index in [4.69, 9.17) is 16.3 Å². The van der Waals surface area contributed by atoms with Crippen LogP contribution in [0.4, 0.5) is 4.39 Å². The van der Waals surface area contributed by atoms with Gasteiger partial charge < -0.3 is 20.3 Å². The maximum Gasteiger partial charge on any atom is 0.350 e. The number of carbonyl (C=O) groups excluding carboxylic acids is 3. The summed E-state index contributed by atoms with van der Waals surface area (Å²) in [7, 11) is 0. The van der Waals surface area contributed by atoms with Crippen LogP contribution in [0.2, 0.25) is 5.02 Å². The molecule has 3 aliphatic rings. The summed E-state index contributed by atoms with van der Waals surface area (Å²) in [5.41, 5.74) is 3.77.